The maximum atomic E-state index is 12.3. The highest BCUT2D eigenvalue weighted by molar-refractivity contribution is 9.10. The van der Waals surface area contributed by atoms with Crippen LogP contribution in [0.25, 0.3) is 17.0 Å². The molecule has 2 N–H and O–H groups in total. The fraction of sp³-hybridized carbons (Fsp3) is 0. The molecule has 0 unspecified atom stereocenters. The van der Waals surface area contributed by atoms with Gasteiger partial charge in [-0.05, 0) is 48.0 Å². The van der Waals surface area contributed by atoms with Crippen LogP contribution in [0.2, 0.25) is 0 Å². The van der Waals surface area contributed by atoms with Crippen molar-refractivity contribution >= 4 is 56.0 Å². The molecule has 0 saturated heterocycles. The predicted molar refractivity (Wildman–Crippen MR) is 121 cm³/mol. The molecule has 0 radical (unpaired) electrons. The first kappa shape index (κ1) is 18.8. The first-order valence-corrected chi connectivity index (χ1v) is 9.78. The van der Waals surface area contributed by atoms with Crippen LogP contribution in [0.3, 0.4) is 0 Å². The quantitative estimate of drug-likeness (QED) is 0.382. The molecule has 1 amide bonds. The Balaban J connectivity index is 1.56. The van der Waals surface area contributed by atoms with Crippen LogP contribution >= 0.6 is 15.9 Å². The van der Waals surface area contributed by atoms with Crippen LogP contribution in [0.5, 0.6) is 0 Å². The Bertz CT molecular complexity index is 1190. The van der Waals surface area contributed by atoms with Crippen molar-refractivity contribution in [3.8, 4) is 0 Å². The van der Waals surface area contributed by atoms with Crippen molar-refractivity contribution in [2.45, 2.75) is 0 Å². The van der Waals surface area contributed by atoms with E-state index in [1.807, 2.05) is 72.8 Å². The van der Waals surface area contributed by atoms with Crippen molar-refractivity contribution in [2.75, 3.05) is 10.6 Å². The zero-order chi connectivity index (χ0) is 20.1. The summed E-state index contributed by atoms with van der Waals surface area (Å²) in [6, 6.07) is 23.1. The molecule has 0 fully saturated rings. The van der Waals surface area contributed by atoms with Crippen LogP contribution in [-0.2, 0) is 4.79 Å². The lowest BCUT2D eigenvalue weighted by Gasteiger charge is -2.10. The summed E-state index contributed by atoms with van der Waals surface area (Å²) in [5.74, 6) is 0.468. The summed E-state index contributed by atoms with van der Waals surface area (Å²) in [7, 11) is 0. The van der Waals surface area contributed by atoms with E-state index in [2.05, 4.69) is 36.5 Å². The number of nitrogens with zero attached hydrogens (tertiary/aromatic N) is 2. The topological polar surface area (TPSA) is 66.9 Å². The lowest BCUT2D eigenvalue weighted by atomic mass is 10.2. The van der Waals surface area contributed by atoms with Crippen LogP contribution < -0.4 is 10.6 Å². The second-order valence-electron chi connectivity index (χ2n) is 6.32. The summed E-state index contributed by atoms with van der Waals surface area (Å²) in [5.41, 5.74) is 3.33. The van der Waals surface area contributed by atoms with Crippen molar-refractivity contribution in [1.82, 2.24) is 9.97 Å². The van der Waals surface area contributed by atoms with E-state index in [4.69, 9.17) is 0 Å². The van der Waals surface area contributed by atoms with Crippen molar-refractivity contribution in [1.29, 1.82) is 0 Å². The molecular formula is C23H17BrN4O. The number of halogens is 1. The highest BCUT2D eigenvalue weighted by Gasteiger charge is 2.07. The van der Waals surface area contributed by atoms with Crippen LogP contribution in [0.15, 0.2) is 89.7 Å². The van der Waals surface area contributed by atoms with E-state index in [-0.39, 0.29) is 5.91 Å². The number of benzene rings is 3. The summed E-state index contributed by atoms with van der Waals surface area (Å²) < 4.78 is 0.971. The molecule has 4 aromatic rings. The molecule has 0 aliphatic carbocycles. The highest BCUT2D eigenvalue weighted by atomic mass is 79.9. The van der Waals surface area contributed by atoms with Gasteiger partial charge in [-0.3, -0.25) is 4.79 Å². The highest BCUT2D eigenvalue weighted by Crippen LogP contribution is 2.27. The second kappa shape index (κ2) is 8.67. The van der Waals surface area contributed by atoms with Crippen LogP contribution in [0, 0.1) is 0 Å². The SMILES string of the molecule is O=C(/C=C/c1ccccc1)Nc1ccc2ncnc(Nc3cccc(Br)c3)c2c1. The average Bonchev–Trinajstić information content (AvgIpc) is 2.73. The summed E-state index contributed by atoms with van der Waals surface area (Å²) >= 11 is 3.47. The predicted octanol–water partition coefficient (Wildman–Crippen LogP) is 5.79. The van der Waals surface area contributed by atoms with E-state index < -0.39 is 0 Å². The van der Waals surface area contributed by atoms with E-state index in [1.54, 1.807) is 6.08 Å². The van der Waals surface area contributed by atoms with E-state index in [1.165, 1.54) is 12.4 Å². The van der Waals surface area contributed by atoms with Gasteiger partial charge < -0.3 is 10.6 Å². The maximum absolute atomic E-state index is 12.3. The molecular weight excluding hydrogens is 428 g/mol. The van der Waals surface area contributed by atoms with Gasteiger partial charge in [0.05, 0.1) is 5.52 Å². The molecule has 0 bridgehead atoms. The minimum absolute atomic E-state index is 0.202. The number of hydrogen-bond donors (Lipinski definition) is 2. The Hall–Kier alpha value is -3.51. The van der Waals surface area contributed by atoms with Gasteiger partial charge in [0.15, 0.2) is 0 Å². The van der Waals surface area contributed by atoms with Gasteiger partial charge in [0.1, 0.15) is 12.1 Å². The zero-order valence-electron chi connectivity index (χ0n) is 15.3. The Morgan fingerprint density at radius 1 is 0.897 bits per heavy atom. The van der Waals surface area contributed by atoms with Crippen molar-refractivity contribution in [2.24, 2.45) is 0 Å². The fourth-order valence-electron chi connectivity index (χ4n) is 2.86. The Morgan fingerprint density at radius 3 is 2.59 bits per heavy atom. The van der Waals surface area contributed by atoms with Gasteiger partial charge in [0.25, 0.3) is 0 Å². The largest absolute Gasteiger partial charge is 0.340 e. The number of hydrogen-bond acceptors (Lipinski definition) is 4. The van der Waals surface area contributed by atoms with E-state index in [0.717, 1.165) is 26.6 Å². The molecule has 0 aliphatic heterocycles. The number of rotatable bonds is 5. The summed E-state index contributed by atoms with van der Waals surface area (Å²) in [6.45, 7) is 0. The smallest absolute Gasteiger partial charge is 0.248 e. The summed E-state index contributed by atoms with van der Waals surface area (Å²) in [5, 5.41) is 7.01. The minimum Gasteiger partial charge on any atom is -0.340 e. The first-order valence-electron chi connectivity index (χ1n) is 8.99. The Labute approximate surface area is 176 Å². The number of anilines is 3. The molecule has 1 heterocycles. The molecule has 6 heteroatoms. The third-order valence-corrected chi connectivity index (χ3v) is 4.71. The van der Waals surface area contributed by atoms with Crippen molar-refractivity contribution < 1.29 is 4.79 Å². The standard InChI is InChI=1S/C23H17BrN4O/c24-17-7-4-8-18(13-17)28-23-20-14-19(10-11-21(20)25-15-26-23)27-22(29)12-9-16-5-2-1-3-6-16/h1-15H,(H,27,29)(H,25,26,28)/b12-9+. The van der Waals surface area contributed by atoms with E-state index in [9.17, 15) is 4.79 Å². The first-order chi connectivity index (χ1) is 14.2. The van der Waals surface area contributed by atoms with Gasteiger partial charge >= 0.3 is 0 Å². The Morgan fingerprint density at radius 2 is 1.76 bits per heavy atom. The van der Waals surface area contributed by atoms with Gasteiger partial charge in [0, 0.05) is 27.3 Å². The number of aromatic nitrogens is 2. The van der Waals surface area contributed by atoms with Crippen molar-refractivity contribution in [3.05, 3.63) is 95.2 Å². The van der Waals surface area contributed by atoms with E-state index >= 15 is 0 Å². The van der Waals surface area contributed by atoms with Crippen LogP contribution in [-0.4, -0.2) is 15.9 Å². The fourth-order valence-corrected chi connectivity index (χ4v) is 3.26. The van der Waals surface area contributed by atoms with Gasteiger partial charge in [-0.15, -0.1) is 0 Å². The lowest BCUT2D eigenvalue weighted by molar-refractivity contribution is -0.111. The molecule has 3 aromatic carbocycles. The molecule has 1 aromatic heterocycles. The molecule has 29 heavy (non-hydrogen) atoms. The molecule has 0 atom stereocenters. The van der Waals surface area contributed by atoms with Gasteiger partial charge in [-0.2, -0.15) is 0 Å². The minimum atomic E-state index is -0.202. The van der Waals surface area contributed by atoms with Gasteiger partial charge in [-0.25, -0.2) is 9.97 Å². The third-order valence-electron chi connectivity index (χ3n) is 4.22. The molecule has 0 aliphatic rings. The van der Waals surface area contributed by atoms with Crippen LogP contribution in [0.1, 0.15) is 5.56 Å². The average molecular weight is 445 g/mol. The van der Waals surface area contributed by atoms with Crippen LogP contribution in [0.4, 0.5) is 17.2 Å². The molecule has 0 saturated carbocycles. The van der Waals surface area contributed by atoms with Crippen molar-refractivity contribution in [3.63, 3.8) is 0 Å². The molecule has 5 nitrogen and oxygen atoms in total. The number of carbonyl (C=O) groups is 1. The normalized spacial score (nSPS) is 10.9. The number of nitrogens with one attached hydrogen (secondary N) is 2. The number of amides is 1. The second-order valence-corrected chi connectivity index (χ2v) is 7.24. The number of carbonyl (C=O) groups excluding carboxylic acids is 1. The maximum Gasteiger partial charge on any atom is 0.248 e. The monoisotopic (exact) mass is 444 g/mol. The van der Waals surface area contributed by atoms with E-state index in [0.29, 0.717) is 11.5 Å². The summed E-state index contributed by atoms with van der Waals surface area (Å²) in [6.07, 6.45) is 4.81. The molecule has 0 spiro atoms. The lowest BCUT2D eigenvalue weighted by Crippen LogP contribution is -2.07. The summed E-state index contributed by atoms with van der Waals surface area (Å²) in [4.78, 5) is 21.0. The molecule has 4 rings (SSSR count). The number of fused-ring (bicyclic) bond motifs is 1. The van der Waals surface area contributed by atoms with Gasteiger partial charge in [0.2, 0.25) is 5.91 Å². The molecule has 142 valence electrons. The zero-order valence-corrected chi connectivity index (χ0v) is 16.9. The van der Waals surface area contributed by atoms with Gasteiger partial charge in [-0.1, -0.05) is 52.3 Å². The third kappa shape index (κ3) is 4.86. The Kier molecular flexibility index (Phi) is 5.63.